The molecule has 0 bridgehead atoms. The maximum absolute atomic E-state index is 5.56. The summed E-state index contributed by atoms with van der Waals surface area (Å²) >= 11 is 0. The van der Waals surface area contributed by atoms with Crippen LogP contribution in [-0.4, -0.2) is 13.6 Å². The quantitative estimate of drug-likeness (QED) is 0.584. The molecule has 0 saturated heterocycles. The van der Waals surface area contributed by atoms with Crippen molar-refractivity contribution in [2.45, 2.75) is 13.2 Å². The zero-order valence-electron chi connectivity index (χ0n) is 16.3. The Hall–Kier alpha value is -4.48. The lowest BCUT2D eigenvalue weighted by Crippen LogP contribution is -1.98. The molecule has 0 aromatic carbocycles. The summed E-state index contributed by atoms with van der Waals surface area (Å²) in [6.07, 6.45) is 10.4. The first-order chi connectivity index (χ1) is 15.9. The van der Waals surface area contributed by atoms with Gasteiger partial charge in [-0.2, -0.15) is 0 Å². The molecule has 3 aliphatic rings. The van der Waals surface area contributed by atoms with Crippen molar-refractivity contribution < 1.29 is 56.2 Å². The van der Waals surface area contributed by atoms with Gasteiger partial charge in [-0.3, -0.25) is 0 Å². The smallest absolute Gasteiger partial charge is 0.336 e. The molecule has 0 radical (unpaired) electrons. The molecule has 0 fully saturated rings. The topological polar surface area (TPSA) is 119 Å². The van der Waals surface area contributed by atoms with Crippen LogP contribution in [-0.2, 0) is 32.2 Å². The van der Waals surface area contributed by atoms with Crippen LogP contribution in [0.5, 0.6) is 34.9 Å². The van der Waals surface area contributed by atoms with Gasteiger partial charge in [-0.1, -0.05) is 0 Å². The standard InChI is InChI=1S/C20H16O12/c1-3-23-9-13-15(17-19(31-13)29-11-27-17)25-7-5-22-6-8-26-16-14(10-24-4-2-21-1)32-20-18(16)28-12-30-20/h1-8H,9-12H2/b3-1-,4-2-,7-5-,8-6-. The summed E-state index contributed by atoms with van der Waals surface area (Å²) in [6, 6.07) is 0. The third kappa shape index (κ3) is 4.05. The summed E-state index contributed by atoms with van der Waals surface area (Å²) in [7, 11) is 0. The average Bonchev–Trinajstić information content (AvgIpc) is 3.54. The van der Waals surface area contributed by atoms with Gasteiger partial charge in [-0.15, -0.1) is 0 Å². The molecule has 5 heterocycles. The van der Waals surface area contributed by atoms with E-state index in [-0.39, 0.29) is 38.7 Å². The maximum Gasteiger partial charge on any atom is 0.336 e. The van der Waals surface area contributed by atoms with Crippen LogP contribution in [0.2, 0.25) is 0 Å². The first-order valence-corrected chi connectivity index (χ1v) is 9.20. The zero-order valence-corrected chi connectivity index (χ0v) is 16.3. The Bertz CT molecular complexity index is 975. The minimum Gasteiger partial charge on any atom is -0.490 e. The highest BCUT2D eigenvalue weighted by Crippen LogP contribution is 2.47. The number of ether oxygens (including phenoxy) is 10. The number of fused-ring (bicyclic) bond motifs is 6. The van der Waals surface area contributed by atoms with E-state index in [1.807, 2.05) is 0 Å². The fourth-order valence-electron chi connectivity index (χ4n) is 2.74. The first kappa shape index (κ1) is 19.5. The first-order valence-electron chi connectivity index (χ1n) is 9.20. The Morgan fingerprint density at radius 3 is 1.44 bits per heavy atom. The zero-order chi connectivity index (χ0) is 21.6. The van der Waals surface area contributed by atoms with Gasteiger partial charge in [0, 0.05) is 0 Å². The third-order valence-electron chi connectivity index (χ3n) is 4.04. The second-order valence-corrected chi connectivity index (χ2v) is 5.97. The molecular weight excluding hydrogens is 432 g/mol. The highest BCUT2D eigenvalue weighted by molar-refractivity contribution is 5.52. The van der Waals surface area contributed by atoms with Crippen molar-refractivity contribution in [2.24, 2.45) is 0 Å². The van der Waals surface area contributed by atoms with Crippen molar-refractivity contribution in [1.82, 2.24) is 0 Å². The summed E-state index contributed by atoms with van der Waals surface area (Å²) < 4.78 is 64.5. The van der Waals surface area contributed by atoms with Gasteiger partial charge in [0.25, 0.3) is 11.5 Å². The second kappa shape index (κ2) is 9.12. The van der Waals surface area contributed by atoms with Gasteiger partial charge < -0.3 is 56.2 Å². The minimum absolute atomic E-state index is 0.0303. The van der Waals surface area contributed by atoms with E-state index in [4.69, 9.17) is 56.2 Å². The molecule has 3 aliphatic heterocycles. The van der Waals surface area contributed by atoms with Gasteiger partial charge >= 0.3 is 11.9 Å². The van der Waals surface area contributed by atoms with Crippen LogP contribution in [0.15, 0.2) is 58.9 Å². The molecule has 168 valence electrons. The van der Waals surface area contributed by atoms with E-state index in [0.717, 1.165) is 0 Å². The van der Waals surface area contributed by atoms with E-state index < -0.39 is 0 Å². The van der Waals surface area contributed by atoms with E-state index in [2.05, 4.69) is 0 Å². The van der Waals surface area contributed by atoms with Crippen LogP contribution in [0.3, 0.4) is 0 Å². The number of rotatable bonds is 0. The van der Waals surface area contributed by atoms with Crippen LogP contribution < -0.4 is 28.4 Å². The molecule has 12 heteroatoms. The molecule has 0 spiro atoms. The number of hydrogen-bond acceptors (Lipinski definition) is 12. The predicted octanol–water partition coefficient (Wildman–Crippen LogP) is 3.75. The largest absolute Gasteiger partial charge is 0.490 e. The SMILES string of the molecule is C1=C\OCc2oc3c(c2O/C=C\O/C=C\Oc2c(oc4c2OCO4)CO/C=C\O/1)OCO3. The fraction of sp³-hybridized carbons (Fsp3) is 0.200. The predicted molar refractivity (Wildman–Crippen MR) is 99.2 cm³/mol. The second-order valence-electron chi connectivity index (χ2n) is 5.97. The highest BCUT2D eigenvalue weighted by Gasteiger charge is 2.30. The Balaban J connectivity index is 1.32. The third-order valence-corrected chi connectivity index (χ3v) is 4.04. The molecule has 0 amide bonds. The van der Waals surface area contributed by atoms with Crippen LogP contribution in [0.25, 0.3) is 0 Å². The van der Waals surface area contributed by atoms with Crippen molar-refractivity contribution in [3.63, 3.8) is 0 Å². The molecule has 2 aromatic rings. The van der Waals surface area contributed by atoms with Gasteiger partial charge in [0.1, 0.15) is 63.3 Å². The molecule has 0 saturated carbocycles. The van der Waals surface area contributed by atoms with Gasteiger partial charge in [0.15, 0.2) is 11.5 Å². The molecule has 12 nitrogen and oxygen atoms in total. The van der Waals surface area contributed by atoms with Crippen LogP contribution in [0.1, 0.15) is 11.5 Å². The number of furan rings is 2. The molecule has 32 heavy (non-hydrogen) atoms. The lowest BCUT2D eigenvalue weighted by Gasteiger charge is -2.04. The summed E-state index contributed by atoms with van der Waals surface area (Å²) in [5, 5.41) is 0. The molecule has 0 atom stereocenters. The molecule has 5 rings (SSSR count). The lowest BCUT2D eigenvalue weighted by molar-refractivity contribution is 0.131. The van der Waals surface area contributed by atoms with E-state index in [9.17, 15) is 0 Å². The van der Waals surface area contributed by atoms with Crippen molar-refractivity contribution >= 4 is 0 Å². The summed E-state index contributed by atoms with van der Waals surface area (Å²) in [5.41, 5.74) is 0. The molecule has 0 aliphatic carbocycles. The lowest BCUT2D eigenvalue weighted by atomic mass is 10.4. The van der Waals surface area contributed by atoms with E-state index in [0.29, 0.717) is 34.5 Å². The van der Waals surface area contributed by atoms with Gasteiger partial charge in [0.2, 0.25) is 25.1 Å². The van der Waals surface area contributed by atoms with E-state index in [1.165, 1.54) is 50.1 Å². The molecular formula is C20H16O12. The maximum atomic E-state index is 5.56. The number of hydrogen-bond donors (Lipinski definition) is 0. The Morgan fingerprint density at radius 1 is 0.469 bits per heavy atom. The van der Waals surface area contributed by atoms with E-state index >= 15 is 0 Å². The summed E-state index contributed by atoms with van der Waals surface area (Å²) in [4.78, 5) is 0. The molecule has 0 N–H and O–H groups in total. The van der Waals surface area contributed by atoms with Gasteiger partial charge in [-0.05, 0) is 0 Å². The van der Waals surface area contributed by atoms with Crippen molar-refractivity contribution in [3.05, 3.63) is 61.6 Å². The van der Waals surface area contributed by atoms with Crippen LogP contribution >= 0.6 is 0 Å². The normalized spacial score (nSPS) is 21.0. The molecule has 0 unspecified atom stereocenters. The van der Waals surface area contributed by atoms with Gasteiger partial charge in [-0.25, -0.2) is 0 Å². The van der Waals surface area contributed by atoms with Crippen molar-refractivity contribution in [1.29, 1.82) is 0 Å². The van der Waals surface area contributed by atoms with Gasteiger partial charge in [0.05, 0.1) is 0 Å². The van der Waals surface area contributed by atoms with E-state index in [1.54, 1.807) is 0 Å². The van der Waals surface area contributed by atoms with Crippen molar-refractivity contribution in [3.8, 4) is 34.9 Å². The fourth-order valence-corrected chi connectivity index (χ4v) is 2.74. The molecule has 2 aromatic heterocycles. The van der Waals surface area contributed by atoms with Crippen LogP contribution in [0, 0.1) is 0 Å². The summed E-state index contributed by atoms with van der Waals surface area (Å²) in [6.45, 7) is 0.131. The Morgan fingerprint density at radius 2 is 0.938 bits per heavy atom. The Labute approximate surface area is 180 Å². The minimum atomic E-state index is 0.0303. The van der Waals surface area contributed by atoms with Crippen LogP contribution in [0.4, 0.5) is 0 Å². The monoisotopic (exact) mass is 448 g/mol. The average molecular weight is 448 g/mol. The Kier molecular flexibility index (Phi) is 5.55. The highest BCUT2D eigenvalue weighted by atomic mass is 16.8. The van der Waals surface area contributed by atoms with Crippen molar-refractivity contribution in [2.75, 3.05) is 13.6 Å². The summed E-state index contributed by atoms with van der Waals surface area (Å²) in [5.74, 6) is 2.36.